The molecule has 9 heteroatoms. The number of nitro groups is 1. The number of halogens is 1. The third kappa shape index (κ3) is 4.15. The van der Waals surface area contributed by atoms with Crippen molar-refractivity contribution < 1.29 is 9.45 Å². The number of rotatable bonds is 5. The predicted molar refractivity (Wildman–Crippen MR) is 115 cm³/mol. The van der Waals surface area contributed by atoms with Crippen molar-refractivity contribution in [2.75, 3.05) is 31.1 Å². The van der Waals surface area contributed by atoms with Crippen LogP contribution in [0.25, 0.3) is 11.4 Å². The number of nitrogens with zero attached hydrogens (tertiary/aromatic N) is 5. The SMILES string of the molecule is Cc1ccc(-c2noc([C@@H](C)N3CCN(c4ccc([N+](=O)[O-])cc4Cl)CC3)n2)cc1. The van der Waals surface area contributed by atoms with Gasteiger partial charge in [0, 0.05) is 43.9 Å². The Hall–Kier alpha value is -2.97. The van der Waals surface area contributed by atoms with Gasteiger partial charge in [-0.25, -0.2) is 0 Å². The molecule has 0 spiro atoms. The fourth-order valence-corrected chi connectivity index (χ4v) is 3.89. The van der Waals surface area contributed by atoms with Crippen LogP contribution in [0, 0.1) is 17.0 Å². The number of hydrogen-bond donors (Lipinski definition) is 0. The summed E-state index contributed by atoms with van der Waals surface area (Å²) >= 11 is 6.28. The van der Waals surface area contributed by atoms with Crippen molar-refractivity contribution in [2.24, 2.45) is 0 Å². The standard InChI is InChI=1S/C21H22ClN5O3/c1-14-3-5-16(6-4-14)20-23-21(30-24-20)15(2)25-9-11-26(12-10-25)19-8-7-17(27(28)29)13-18(19)22/h3-8,13,15H,9-12H2,1-2H3/t15-/m1/s1. The molecule has 1 fully saturated rings. The van der Waals surface area contributed by atoms with Gasteiger partial charge >= 0.3 is 0 Å². The first-order chi connectivity index (χ1) is 14.4. The zero-order valence-corrected chi connectivity index (χ0v) is 17.5. The first-order valence-electron chi connectivity index (χ1n) is 9.76. The minimum Gasteiger partial charge on any atom is -0.368 e. The van der Waals surface area contributed by atoms with E-state index in [0.717, 1.165) is 37.4 Å². The Morgan fingerprint density at radius 3 is 2.47 bits per heavy atom. The highest BCUT2D eigenvalue weighted by molar-refractivity contribution is 6.33. The van der Waals surface area contributed by atoms with Crippen molar-refractivity contribution >= 4 is 23.0 Å². The molecule has 0 amide bonds. The molecule has 0 saturated carbocycles. The van der Waals surface area contributed by atoms with Gasteiger partial charge in [-0.05, 0) is 19.9 Å². The Morgan fingerprint density at radius 2 is 1.83 bits per heavy atom. The highest BCUT2D eigenvalue weighted by Crippen LogP contribution is 2.31. The molecule has 0 aliphatic carbocycles. The lowest BCUT2D eigenvalue weighted by Crippen LogP contribution is -2.47. The van der Waals surface area contributed by atoms with E-state index in [2.05, 4.69) is 26.9 Å². The van der Waals surface area contributed by atoms with Crippen LogP contribution in [-0.4, -0.2) is 46.1 Å². The van der Waals surface area contributed by atoms with Crippen molar-refractivity contribution in [2.45, 2.75) is 19.9 Å². The second kappa shape index (κ2) is 8.41. The van der Waals surface area contributed by atoms with Crippen molar-refractivity contribution in [1.29, 1.82) is 0 Å². The third-order valence-corrected chi connectivity index (χ3v) is 5.76. The van der Waals surface area contributed by atoms with Crippen molar-refractivity contribution in [3.05, 3.63) is 69.1 Å². The zero-order valence-electron chi connectivity index (χ0n) is 16.8. The van der Waals surface area contributed by atoms with Gasteiger partial charge in [0.05, 0.1) is 21.7 Å². The van der Waals surface area contributed by atoms with Crippen molar-refractivity contribution in [3.8, 4) is 11.4 Å². The molecular formula is C21H22ClN5O3. The average molecular weight is 428 g/mol. The number of nitro benzene ring substituents is 1. The van der Waals surface area contributed by atoms with Crippen LogP contribution < -0.4 is 4.90 Å². The molecule has 8 nitrogen and oxygen atoms in total. The minimum absolute atomic E-state index is 0.00298. The van der Waals surface area contributed by atoms with Gasteiger partial charge in [0.1, 0.15) is 0 Å². The summed E-state index contributed by atoms with van der Waals surface area (Å²) in [6.07, 6.45) is 0. The Balaban J connectivity index is 1.41. The topological polar surface area (TPSA) is 88.5 Å². The van der Waals surface area contributed by atoms with Crippen LogP contribution in [0.4, 0.5) is 11.4 Å². The normalized spacial score (nSPS) is 15.9. The predicted octanol–water partition coefficient (Wildman–Crippen LogP) is 4.49. The quantitative estimate of drug-likeness (QED) is 0.437. The zero-order chi connectivity index (χ0) is 21.3. The summed E-state index contributed by atoms with van der Waals surface area (Å²) in [6.45, 7) is 7.17. The molecule has 0 bridgehead atoms. The Labute approximate surface area is 179 Å². The van der Waals surface area contributed by atoms with Crippen LogP contribution >= 0.6 is 11.6 Å². The van der Waals surface area contributed by atoms with E-state index in [1.54, 1.807) is 6.07 Å². The number of non-ortho nitro benzene ring substituents is 1. The van der Waals surface area contributed by atoms with Gasteiger partial charge < -0.3 is 9.42 Å². The molecule has 1 aromatic heterocycles. The molecule has 3 aromatic rings. The van der Waals surface area contributed by atoms with Crippen LogP contribution in [0.5, 0.6) is 0 Å². The van der Waals surface area contributed by atoms with E-state index in [4.69, 9.17) is 16.1 Å². The molecule has 156 valence electrons. The Kier molecular flexibility index (Phi) is 5.69. The van der Waals surface area contributed by atoms with E-state index in [1.807, 2.05) is 31.2 Å². The number of aryl methyl sites for hydroxylation is 1. The number of anilines is 1. The molecule has 1 atom stereocenters. The summed E-state index contributed by atoms with van der Waals surface area (Å²) in [7, 11) is 0. The maximum absolute atomic E-state index is 10.9. The van der Waals surface area contributed by atoms with Gasteiger partial charge in [-0.2, -0.15) is 4.98 Å². The molecule has 2 aromatic carbocycles. The summed E-state index contributed by atoms with van der Waals surface area (Å²) in [4.78, 5) is 19.5. The van der Waals surface area contributed by atoms with Gasteiger partial charge in [0.25, 0.3) is 5.69 Å². The van der Waals surface area contributed by atoms with Gasteiger partial charge in [-0.15, -0.1) is 0 Å². The lowest BCUT2D eigenvalue weighted by Gasteiger charge is -2.38. The highest BCUT2D eigenvalue weighted by atomic mass is 35.5. The number of hydrogen-bond acceptors (Lipinski definition) is 7. The highest BCUT2D eigenvalue weighted by Gasteiger charge is 2.27. The summed E-state index contributed by atoms with van der Waals surface area (Å²) in [5.41, 5.74) is 2.92. The summed E-state index contributed by atoms with van der Waals surface area (Å²) in [5.74, 6) is 1.18. The van der Waals surface area contributed by atoms with Gasteiger partial charge in [0.15, 0.2) is 0 Å². The molecule has 1 aliphatic heterocycles. The van der Waals surface area contributed by atoms with Crippen molar-refractivity contribution in [3.63, 3.8) is 0 Å². The third-order valence-electron chi connectivity index (χ3n) is 5.45. The lowest BCUT2D eigenvalue weighted by molar-refractivity contribution is -0.384. The van der Waals surface area contributed by atoms with Gasteiger partial charge in [-0.1, -0.05) is 46.6 Å². The summed E-state index contributed by atoms with van der Waals surface area (Å²) < 4.78 is 5.53. The lowest BCUT2D eigenvalue weighted by atomic mass is 10.1. The van der Waals surface area contributed by atoms with E-state index in [1.165, 1.54) is 17.7 Å². The second-order valence-corrected chi connectivity index (χ2v) is 7.82. The first kappa shape index (κ1) is 20.3. The number of piperazine rings is 1. The minimum atomic E-state index is -0.440. The van der Waals surface area contributed by atoms with E-state index in [0.29, 0.717) is 16.7 Å². The van der Waals surface area contributed by atoms with Crippen LogP contribution in [0.1, 0.15) is 24.4 Å². The van der Waals surface area contributed by atoms with Crippen LogP contribution in [0.15, 0.2) is 47.0 Å². The molecule has 0 unspecified atom stereocenters. The monoisotopic (exact) mass is 427 g/mol. The molecule has 1 saturated heterocycles. The summed E-state index contributed by atoms with van der Waals surface area (Å²) in [5, 5.41) is 15.4. The number of benzene rings is 2. The fraction of sp³-hybridized carbons (Fsp3) is 0.333. The molecule has 4 rings (SSSR count). The largest absolute Gasteiger partial charge is 0.368 e. The summed E-state index contributed by atoms with van der Waals surface area (Å²) in [6, 6.07) is 12.6. The second-order valence-electron chi connectivity index (χ2n) is 7.41. The maximum Gasteiger partial charge on any atom is 0.271 e. The first-order valence-corrected chi connectivity index (χ1v) is 10.1. The molecule has 2 heterocycles. The molecule has 30 heavy (non-hydrogen) atoms. The van der Waals surface area contributed by atoms with Crippen molar-refractivity contribution in [1.82, 2.24) is 15.0 Å². The van der Waals surface area contributed by atoms with Crippen LogP contribution in [0.3, 0.4) is 0 Å². The average Bonchev–Trinajstić information content (AvgIpc) is 3.24. The van der Waals surface area contributed by atoms with E-state index < -0.39 is 4.92 Å². The molecule has 1 aliphatic rings. The van der Waals surface area contributed by atoms with E-state index in [-0.39, 0.29) is 11.7 Å². The van der Waals surface area contributed by atoms with Crippen LogP contribution in [0.2, 0.25) is 5.02 Å². The van der Waals surface area contributed by atoms with Gasteiger partial charge in [-0.3, -0.25) is 15.0 Å². The van der Waals surface area contributed by atoms with Crippen LogP contribution in [-0.2, 0) is 0 Å². The Bertz CT molecular complexity index is 1050. The van der Waals surface area contributed by atoms with E-state index in [9.17, 15) is 10.1 Å². The smallest absolute Gasteiger partial charge is 0.271 e. The number of aromatic nitrogens is 2. The van der Waals surface area contributed by atoms with E-state index >= 15 is 0 Å². The molecule has 0 N–H and O–H groups in total. The Morgan fingerprint density at radius 1 is 1.13 bits per heavy atom. The maximum atomic E-state index is 10.9. The van der Waals surface area contributed by atoms with Gasteiger partial charge in [0.2, 0.25) is 11.7 Å². The molecular weight excluding hydrogens is 406 g/mol. The fourth-order valence-electron chi connectivity index (χ4n) is 3.60. The molecule has 0 radical (unpaired) electrons.